The van der Waals surface area contributed by atoms with Gasteiger partial charge >= 0.3 is 0 Å². The van der Waals surface area contributed by atoms with Crippen molar-refractivity contribution in [2.75, 3.05) is 18.1 Å². The molecule has 2 atom stereocenters. The fraction of sp³-hybridized carbons (Fsp3) is 0.391. The lowest BCUT2D eigenvalue weighted by atomic mass is 9.91. The minimum Gasteiger partial charge on any atom is -0.741 e. The Kier molecular flexibility index (Phi) is 7.27. The summed E-state index contributed by atoms with van der Waals surface area (Å²) in [5.41, 5.74) is 1.72. The number of hydrazone groups is 1. The van der Waals surface area contributed by atoms with E-state index in [1.807, 2.05) is 19.1 Å². The van der Waals surface area contributed by atoms with Gasteiger partial charge in [0.15, 0.2) is 0 Å². The average molecular weight is 495 g/mol. The van der Waals surface area contributed by atoms with E-state index >= 15 is 0 Å². The van der Waals surface area contributed by atoms with Crippen LogP contribution in [-0.4, -0.2) is 34.9 Å². The van der Waals surface area contributed by atoms with Gasteiger partial charge in [0, 0.05) is 29.1 Å². The van der Waals surface area contributed by atoms with Gasteiger partial charge in [0.2, 0.25) is 0 Å². The number of hydrogen-bond donors (Lipinski definition) is 0. The molecule has 1 saturated heterocycles. The summed E-state index contributed by atoms with van der Waals surface area (Å²) < 4.78 is 0. The number of amides is 1. The van der Waals surface area contributed by atoms with Gasteiger partial charge in [-0.25, -0.2) is 5.01 Å². The van der Waals surface area contributed by atoms with Gasteiger partial charge in [-0.1, -0.05) is 66.7 Å². The number of halogens is 3. The molecule has 2 aliphatic heterocycles. The molecule has 0 spiro atoms. The molecular weight excluding hydrogens is 471 g/mol. The molecular formula is C23H24Cl3N4O2-. The predicted octanol–water partition coefficient (Wildman–Crippen LogP) is 6.32. The second kappa shape index (κ2) is 9.98. The number of benzene rings is 2. The Morgan fingerprint density at radius 1 is 1.00 bits per heavy atom. The van der Waals surface area contributed by atoms with Gasteiger partial charge in [-0.15, -0.1) is 0 Å². The zero-order valence-electron chi connectivity index (χ0n) is 17.7. The molecule has 2 aromatic rings. The second-order valence-electron chi connectivity index (χ2n) is 8.16. The van der Waals surface area contributed by atoms with Gasteiger partial charge in [0.25, 0.3) is 5.91 Å². The number of carbonyl (C=O) groups excluding carboxylic acids is 1. The third-order valence-corrected chi connectivity index (χ3v) is 6.77. The first kappa shape index (κ1) is 23.3. The van der Waals surface area contributed by atoms with Crippen LogP contribution < -0.4 is 5.01 Å². The molecule has 0 bridgehead atoms. The smallest absolute Gasteiger partial charge is 0.274 e. The molecule has 6 nitrogen and oxygen atoms in total. The van der Waals surface area contributed by atoms with Crippen LogP contribution in [0.25, 0.3) is 0 Å². The summed E-state index contributed by atoms with van der Waals surface area (Å²) in [4.78, 5) is 13.3. The number of hydroxylamine groups is 1. The third kappa shape index (κ3) is 4.75. The van der Waals surface area contributed by atoms with Crippen molar-refractivity contribution in [3.8, 4) is 0 Å². The largest absolute Gasteiger partial charge is 0.741 e. The maximum Gasteiger partial charge on any atom is 0.274 e. The zero-order chi connectivity index (χ0) is 22.8. The van der Waals surface area contributed by atoms with Crippen molar-refractivity contribution < 1.29 is 4.79 Å². The predicted molar refractivity (Wildman–Crippen MR) is 130 cm³/mol. The number of hydrazine groups is 1. The minimum absolute atomic E-state index is 0.204. The van der Waals surface area contributed by atoms with Gasteiger partial charge in [-0.2, -0.15) is 5.10 Å². The monoisotopic (exact) mass is 493 g/mol. The van der Waals surface area contributed by atoms with E-state index in [9.17, 15) is 10.0 Å². The highest BCUT2D eigenvalue weighted by Gasteiger charge is 2.41. The first-order valence-electron chi connectivity index (χ1n) is 10.7. The second-order valence-corrected chi connectivity index (χ2v) is 9.44. The lowest BCUT2D eigenvalue weighted by Gasteiger charge is -2.39. The standard InChI is InChI=1S/C23H24Cl3N4O2/c1-15-21(23(31)30(32)28-12-4-2-3-5-13-28)27-29(20-11-10-18(25)14-19(20)26)22(15)16-6-8-17(24)9-7-16/h6-11,14-15,22H,2-5,12-13H2,1H3/q-1/t15-,22+/m1/s1. The van der Waals surface area contributed by atoms with E-state index in [2.05, 4.69) is 5.10 Å². The Bertz CT molecular complexity index is 1010. The van der Waals surface area contributed by atoms with Crippen LogP contribution in [0.3, 0.4) is 0 Å². The molecule has 4 rings (SSSR count). The van der Waals surface area contributed by atoms with E-state index in [0.29, 0.717) is 39.0 Å². The van der Waals surface area contributed by atoms with Gasteiger partial charge in [-0.3, -0.25) is 9.80 Å². The molecule has 1 fully saturated rings. The topological polar surface area (TPSA) is 62.2 Å². The normalized spacial score (nSPS) is 21.9. The van der Waals surface area contributed by atoms with Crippen molar-refractivity contribution in [3.05, 3.63) is 68.3 Å². The van der Waals surface area contributed by atoms with Crippen molar-refractivity contribution in [3.63, 3.8) is 0 Å². The minimum atomic E-state index is -0.633. The van der Waals surface area contributed by atoms with Crippen molar-refractivity contribution in [1.82, 2.24) is 10.2 Å². The van der Waals surface area contributed by atoms with Crippen LogP contribution in [-0.2, 0) is 4.79 Å². The molecule has 2 aliphatic rings. The highest BCUT2D eigenvalue weighted by atomic mass is 35.5. The summed E-state index contributed by atoms with van der Waals surface area (Å²) in [5, 5.41) is 22.9. The van der Waals surface area contributed by atoms with Crippen LogP contribution in [0, 0.1) is 11.1 Å². The van der Waals surface area contributed by atoms with Crippen molar-refractivity contribution >= 4 is 52.1 Å². The van der Waals surface area contributed by atoms with E-state index in [1.54, 1.807) is 40.3 Å². The van der Waals surface area contributed by atoms with Crippen LogP contribution >= 0.6 is 34.8 Å². The zero-order valence-corrected chi connectivity index (χ0v) is 19.9. The molecule has 1 amide bonds. The summed E-state index contributed by atoms with van der Waals surface area (Å²) in [7, 11) is 0. The Morgan fingerprint density at radius 2 is 1.62 bits per heavy atom. The van der Waals surface area contributed by atoms with Crippen LogP contribution in [0.15, 0.2) is 47.6 Å². The van der Waals surface area contributed by atoms with Gasteiger partial charge in [0.1, 0.15) is 5.71 Å². The number of carbonyl (C=O) groups is 1. The van der Waals surface area contributed by atoms with Crippen molar-refractivity contribution in [2.24, 2.45) is 11.0 Å². The van der Waals surface area contributed by atoms with E-state index in [1.165, 1.54) is 0 Å². The Labute approximate surface area is 202 Å². The van der Waals surface area contributed by atoms with Crippen LogP contribution in [0.1, 0.15) is 44.2 Å². The van der Waals surface area contributed by atoms with Crippen LogP contribution in [0.4, 0.5) is 5.69 Å². The number of anilines is 1. The molecule has 32 heavy (non-hydrogen) atoms. The number of hydrogen-bond acceptors (Lipinski definition) is 5. The van der Waals surface area contributed by atoms with E-state index < -0.39 is 5.91 Å². The maximum atomic E-state index is 13.3. The summed E-state index contributed by atoms with van der Waals surface area (Å²) in [6.07, 6.45) is 3.93. The summed E-state index contributed by atoms with van der Waals surface area (Å²) in [5.74, 6) is -0.982. The molecule has 170 valence electrons. The molecule has 9 heteroatoms. The van der Waals surface area contributed by atoms with Crippen molar-refractivity contribution in [1.29, 1.82) is 0 Å². The van der Waals surface area contributed by atoms with Gasteiger partial charge in [-0.05, 0) is 48.7 Å². The highest BCUT2D eigenvalue weighted by Crippen LogP contribution is 2.42. The molecule has 2 heterocycles. The highest BCUT2D eigenvalue weighted by molar-refractivity contribution is 6.41. The molecule has 0 radical (unpaired) electrons. The Morgan fingerprint density at radius 3 is 2.25 bits per heavy atom. The van der Waals surface area contributed by atoms with E-state index in [0.717, 1.165) is 31.2 Å². The molecule has 0 aliphatic carbocycles. The Balaban J connectivity index is 1.70. The first-order valence-corrected chi connectivity index (χ1v) is 11.8. The Hall–Kier alpha value is -1.83. The van der Waals surface area contributed by atoms with Crippen molar-refractivity contribution in [2.45, 2.75) is 38.6 Å². The van der Waals surface area contributed by atoms with E-state index in [-0.39, 0.29) is 17.7 Å². The molecule has 0 saturated carbocycles. The molecule has 0 unspecified atom stereocenters. The van der Waals surface area contributed by atoms with Gasteiger partial charge < -0.3 is 10.4 Å². The average Bonchev–Trinajstić information content (AvgIpc) is 2.94. The fourth-order valence-electron chi connectivity index (χ4n) is 4.29. The van der Waals surface area contributed by atoms with Crippen LogP contribution in [0.2, 0.25) is 15.1 Å². The maximum absolute atomic E-state index is 13.3. The lowest BCUT2D eigenvalue weighted by molar-refractivity contribution is -0.135. The summed E-state index contributed by atoms with van der Waals surface area (Å²) >= 11 is 18.7. The number of nitrogens with zero attached hydrogens (tertiary/aromatic N) is 4. The molecule has 0 aromatic heterocycles. The summed E-state index contributed by atoms with van der Waals surface area (Å²) in [6.45, 7) is 3.05. The fourth-order valence-corrected chi connectivity index (χ4v) is 4.91. The molecule has 0 N–H and O–H groups in total. The lowest BCUT2D eigenvalue weighted by Crippen LogP contribution is -2.47. The number of rotatable bonds is 4. The third-order valence-electron chi connectivity index (χ3n) is 5.98. The van der Waals surface area contributed by atoms with E-state index in [4.69, 9.17) is 34.8 Å². The summed E-state index contributed by atoms with van der Waals surface area (Å²) in [6, 6.07) is 12.2. The molecule has 2 aromatic carbocycles. The first-order chi connectivity index (χ1) is 15.4. The SMILES string of the molecule is C[C@@H]1C(C(=O)N([O-])N2CCCCCC2)=NN(c2ccc(Cl)cc2Cl)[C@@H]1c1ccc(Cl)cc1. The van der Waals surface area contributed by atoms with Crippen LogP contribution in [0.5, 0.6) is 0 Å². The van der Waals surface area contributed by atoms with Gasteiger partial charge in [0.05, 0.1) is 16.8 Å². The quantitative estimate of drug-likeness (QED) is 0.467.